The van der Waals surface area contributed by atoms with Crippen molar-refractivity contribution in [2.45, 2.75) is 26.1 Å². The Morgan fingerprint density at radius 1 is 0.694 bits per heavy atom. The van der Waals surface area contributed by atoms with E-state index >= 15 is 0 Å². The van der Waals surface area contributed by atoms with E-state index in [9.17, 15) is 0 Å². The number of benzene rings is 5. The van der Waals surface area contributed by atoms with Gasteiger partial charge in [-0.05, 0) is 67.5 Å². The van der Waals surface area contributed by atoms with Crippen molar-refractivity contribution >= 4 is 32.3 Å². The molecular weight excluding hydrogens is 446 g/mol. The van der Waals surface area contributed by atoms with Gasteiger partial charge in [0.25, 0.3) is 0 Å². The van der Waals surface area contributed by atoms with Gasteiger partial charge in [0.05, 0.1) is 13.2 Å². The molecule has 0 bridgehead atoms. The second-order valence-corrected chi connectivity index (χ2v) is 9.11. The maximum absolute atomic E-state index is 8.39. The van der Waals surface area contributed by atoms with E-state index in [4.69, 9.17) is 10.3 Å². The third-order valence-corrected chi connectivity index (χ3v) is 6.67. The Kier molecular flexibility index (Phi) is 7.91. The number of ether oxygens (including phenoxy) is 1. The third-order valence-electron chi connectivity index (χ3n) is 6.67. The predicted molar refractivity (Wildman–Crippen MR) is 148 cm³/mol. The van der Waals surface area contributed by atoms with E-state index < -0.39 is 0 Å². The van der Waals surface area contributed by atoms with Gasteiger partial charge in [0.2, 0.25) is 0 Å². The average Bonchev–Trinajstić information content (AvgIpc) is 2.92. The Bertz CT molecular complexity index is 1460. The molecule has 5 rings (SSSR count). The molecule has 0 aliphatic heterocycles. The minimum atomic E-state index is 0.398. The molecule has 0 fully saturated rings. The summed E-state index contributed by atoms with van der Waals surface area (Å²) in [7, 11) is 0. The fraction of sp³-hybridized carbons (Fsp3) is 0.267. The molecule has 0 heterocycles. The lowest BCUT2D eigenvalue weighted by atomic mass is 9.92. The van der Waals surface area contributed by atoms with Crippen LogP contribution >= 0.6 is 0 Å². The Hall–Kier alpha value is -3.67. The van der Waals surface area contributed by atoms with E-state index in [0.717, 1.165) is 44.8 Å². The fourth-order valence-corrected chi connectivity index (χ4v) is 4.83. The number of hydrogen-bond acceptors (Lipinski definition) is 4. The predicted octanol–water partition coefficient (Wildman–Crippen LogP) is 6.68. The molecule has 6 nitrogen and oxygen atoms in total. The van der Waals surface area contributed by atoms with Crippen LogP contribution in [-0.2, 0) is 24.4 Å². The molecule has 6 heteroatoms. The van der Waals surface area contributed by atoms with Crippen LogP contribution in [0.5, 0.6) is 0 Å². The van der Waals surface area contributed by atoms with Gasteiger partial charge in [-0.15, -0.1) is 0 Å². The normalized spacial score (nSPS) is 11.4. The lowest BCUT2D eigenvalue weighted by molar-refractivity contribution is 0.133. The van der Waals surface area contributed by atoms with Gasteiger partial charge < -0.3 is 15.4 Å². The number of hydrogen-bond donors (Lipinski definition) is 2. The quantitative estimate of drug-likeness (QED) is 0.0652. The lowest BCUT2D eigenvalue weighted by Gasteiger charge is -2.14. The maximum atomic E-state index is 8.39. The van der Waals surface area contributed by atoms with E-state index in [1.54, 1.807) is 0 Å². The summed E-state index contributed by atoms with van der Waals surface area (Å²) in [5, 5.41) is 18.6. The summed E-state index contributed by atoms with van der Waals surface area (Å²) < 4.78 is 5.81. The highest BCUT2D eigenvalue weighted by molar-refractivity contribution is 6.23. The smallest absolute Gasteiger partial charge is 0.0591 e. The van der Waals surface area contributed by atoms with Crippen molar-refractivity contribution in [1.29, 1.82) is 0 Å². The monoisotopic (exact) mass is 477 g/mol. The van der Waals surface area contributed by atoms with E-state index in [1.807, 2.05) is 12.1 Å². The summed E-state index contributed by atoms with van der Waals surface area (Å²) in [4.78, 5) is 2.79. The van der Waals surface area contributed by atoms with Crippen LogP contribution < -0.4 is 10.6 Å². The number of azide groups is 1. The Labute approximate surface area is 211 Å². The second-order valence-electron chi connectivity index (χ2n) is 9.11. The molecule has 5 aromatic carbocycles. The lowest BCUT2D eigenvalue weighted by Crippen LogP contribution is -2.21. The van der Waals surface area contributed by atoms with Gasteiger partial charge in [-0.3, -0.25) is 0 Å². The van der Waals surface area contributed by atoms with Gasteiger partial charge in [-0.2, -0.15) is 0 Å². The molecule has 5 aromatic rings. The van der Waals surface area contributed by atoms with Gasteiger partial charge in [-0.25, -0.2) is 0 Å². The van der Waals surface area contributed by atoms with Gasteiger partial charge >= 0.3 is 0 Å². The SMILES string of the molecule is [N-]=[N+]=NCc1ccc(CNCCCOCCNCc2ccc3ccc4cccc5ccc2c3c45)cc1. The number of nitrogens with zero attached hydrogens (tertiary/aromatic N) is 3. The van der Waals surface area contributed by atoms with E-state index in [-0.39, 0.29) is 0 Å². The molecule has 0 aromatic heterocycles. The average molecular weight is 478 g/mol. The summed E-state index contributed by atoms with van der Waals surface area (Å²) in [6, 6.07) is 28.1. The molecule has 0 saturated heterocycles. The molecule has 0 spiro atoms. The summed E-state index contributed by atoms with van der Waals surface area (Å²) in [5.74, 6) is 0. The van der Waals surface area contributed by atoms with Gasteiger partial charge in [0, 0.05) is 31.2 Å². The third kappa shape index (κ3) is 5.59. The standard InChI is InChI=1S/C30H31N5O/c31-35-34-20-23-7-5-22(6-8-23)19-32-15-2-17-36-18-16-33-21-27-12-11-26-10-9-24-3-1-4-25-13-14-28(27)30(26)29(24)25/h1,3-14,32-33H,2,15-21H2. The van der Waals surface area contributed by atoms with Crippen LogP contribution in [0.1, 0.15) is 23.1 Å². The van der Waals surface area contributed by atoms with Crippen molar-refractivity contribution in [3.8, 4) is 0 Å². The van der Waals surface area contributed by atoms with Crippen LogP contribution in [-0.4, -0.2) is 26.3 Å². The molecule has 0 aliphatic rings. The zero-order chi connectivity index (χ0) is 24.6. The minimum absolute atomic E-state index is 0.398. The topological polar surface area (TPSA) is 82.1 Å². The summed E-state index contributed by atoms with van der Waals surface area (Å²) in [6.45, 7) is 5.25. The molecule has 0 aliphatic carbocycles. The summed E-state index contributed by atoms with van der Waals surface area (Å²) >= 11 is 0. The zero-order valence-electron chi connectivity index (χ0n) is 20.4. The van der Waals surface area contributed by atoms with E-state index in [1.165, 1.54) is 43.4 Å². The Morgan fingerprint density at radius 3 is 2.19 bits per heavy atom. The van der Waals surface area contributed by atoms with E-state index in [2.05, 4.69) is 87.4 Å². The van der Waals surface area contributed by atoms with Crippen molar-refractivity contribution in [3.63, 3.8) is 0 Å². The molecule has 0 saturated carbocycles. The molecule has 182 valence electrons. The highest BCUT2D eigenvalue weighted by Crippen LogP contribution is 2.35. The van der Waals surface area contributed by atoms with Crippen molar-refractivity contribution in [2.75, 3.05) is 26.3 Å². The highest BCUT2D eigenvalue weighted by Gasteiger charge is 2.10. The van der Waals surface area contributed by atoms with Crippen LogP contribution in [0, 0.1) is 0 Å². The molecule has 0 unspecified atom stereocenters. The van der Waals surface area contributed by atoms with Gasteiger partial charge in [-0.1, -0.05) is 84.0 Å². The van der Waals surface area contributed by atoms with Gasteiger partial charge in [0.15, 0.2) is 0 Å². The maximum Gasteiger partial charge on any atom is 0.0591 e. The fourth-order valence-electron chi connectivity index (χ4n) is 4.83. The van der Waals surface area contributed by atoms with Crippen molar-refractivity contribution in [2.24, 2.45) is 5.11 Å². The van der Waals surface area contributed by atoms with Crippen molar-refractivity contribution in [1.82, 2.24) is 10.6 Å². The number of rotatable bonds is 13. The minimum Gasteiger partial charge on any atom is -0.380 e. The zero-order valence-corrected chi connectivity index (χ0v) is 20.4. The van der Waals surface area contributed by atoms with Crippen molar-refractivity contribution in [3.05, 3.63) is 106 Å². The molecule has 0 amide bonds. The first-order valence-electron chi connectivity index (χ1n) is 12.6. The molecule has 2 N–H and O–H groups in total. The highest BCUT2D eigenvalue weighted by atomic mass is 16.5. The molecule has 0 radical (unpaired) electrons. The van der Waals surface area contributed by atoms with E-state index in [0.29, 0.717) is 13.2 Å². The Balaban J connectivity index is 1.01. The molecular formula is C30H31N5O. The number of nitrogens with one attached hydrogen (secondary N) is 2. The summed E-state index contributed by atoms with van der Waals surface area (Å²) in [6.07, 6.45) is 0.976. The first kappa shape index (κ1) is 24.0. The van der Waals surface area contributed by atoms with Crippen LogP contribution in [0.2, 0.25) is 0 Å². The van der Waals surface area contributed by atoms with Crippen LogP contribution in [0.15, 0.2) is 84.0 Å². The van der Waals surface area contributed by atoms with Gasteiger partial charge in [0.1, 0.15) is 0 Å². The molecule has 36 heavy (non-hydrogen) atoms. The van der Waals surface area contributed by atoms with Crippen molar-refractivity contribution < 1.29 is 4.74 Å². The summed E-state index contributed by atoms with van der Waals surface area (Å²) in [5.41, 5.74) is 12.0. The first-order valence-corrected chi connectivity index (χ1v) is 12.6. The first-order chi connectivity index (χ1) is 17.8. The Morgan fingerprint density at radius 2 is 1.39 bits per heavy atom. The van der Waals surface area contributed by atoms with Crippen LogP contribution in [0.25, 0.3) is 42.8 Å². The second kappa shape index (κ2) is 11.8. The largest absolute Gasteiger partial charge is 0.380 e. The van der Waals surface area contributed by atoms with Crippen LogP contribution in [0.3, 0.4) is 0 Å². The van der Waals surface area contributed by atoms with Crippen LogP contribution in [0.4, 0.5) is 0 Å². The molecule has 0 atom stereocenters.